The lowest BCUT2D eigenvalue weighted by Crippen LogP contribution is -2.49. The first-order valence-electron chi connectivity index (χ1n) is 12.2. The predicted molar refractivity (Wildman–Crippen MR) is 133 cm³/mol. The van der Waals surface area contributed by atoms with E-state index in [0.29, 0.717) is 11.8 Å². The molecule has 0 spiro atoms. The number of carbonyl (C=O) groups is 1. The minimum absolute atomic E-state index is 0.305. The Bertz CT molecular complexity index is 1140. The van der Waals surface area contributed by atoms with Gasteiger partial charge in [0.25, 0.3) is 0 Å². The van der Waals surface area contributed by atoms with Gasteiger partial charge in [0.05, 0.1) is 0 Å². The molecule has 3 aromatic rings. The molecule has 0 radical (unpaired) electrons. The topological polar surface area (TPSA) is 58.7 Å². The van der Waals surface area contributed by atoms with Gasteiger partial charge >= 0.3 is 0 Å². The molecule has 33 heavy (non-hydrogen) atoms. The van der Waals surface area contributed by atoms with Crippen LogP contribution in [0.25, 0.3) is 22.3 Å². The Morgan fingerprint density at radius 3 is 2.30 bits per heavy atom. The van der Waals surface area contributed by atoms with E-state index in [9.17, 15) is 4.79 Å². The van der Waals surface area contributed by atoms with Gasteiger partial charge in [-0.15, -0.1) is 0 Å². The van der Waals surface area contributed by atoms with Gasteiger partial charge in [0, 0.05) is 86.9 Å². The highest BCUT2D eigenvalue weighted by molar-refractivity contribution is 5.94. The van der Waals surface area contributed by atoms with E-state index in [1.807, 2.05) is 6.20 Å². The fourth-order valence-corrected chi connectivity index (χ4v) is 5.12. The molecule has 2 saturated heterocycles. The first-order chi connectivity index (χ1) is 16.2. The number of aromatic nitrogens is 2. The quantitative estimate of drug-likeness (QED) is 0.670. The maximum atomic E-state index is 12.4. The van der Waals surface area contributed by atoms with E-state index in [-0.39, 0.29) is 0 Å². The Morgan fingerprint density at radius 2 is 1.61 bits per heavy atom. The summed E-state index contributed by atoms with van der Waals surface area (Å²) in [5.74, 6) is 0.664. The molecular weight excluding hydrogens is 412 g/mol. The van der Waals surface area contributed by atoms with Crippen molar-refractivity contribution >= 4 is 28.3 Å². The molecule has 0 atom stereocenters. The highest BCUT2D eigenvalue weighted by atomic mass is 16.2. The molecule has 1 aromatic carbocycles. The molecule has 3 aliphatic rings. The van der Waals surface area contributed by atoms with Gasteiger partial charge in [0.1, 0.15) is 5.65 Å². The number of hydrogen-bond acceptors (Lipinski definition) is 5. The van der Waals surface area contributed by atoms with Crippen LogP contribution in [0.4, 0.5) is 11.4 Å². The first-order valence-corrected chi connectivity index (χ1v) is 12.2. The Kier molecular flexibility index (Phi) is 5.21. The maximum Gasteiger partial charge on any atom is 0.225 e. The van der Waals surface area contributed by atoms with Crippen molar-refractivity contribution in [2.75, 3.05) is 69.2 Å². The molecule has 2 aliphatic heterocycles. The summed E-state index contributed by atoms with van der Waals surface area (Å²) in [7, 11) is 2.19. The summed E-state index contributed by atoms with van der Waals surface area (Å²) < 4.78 is 0. The largest absolute Gasteiger partial charge is 0.369 e. The molecule has 6 rings (SSSR count). The van der Waals surface area contributed by atoms with Gasteiger partial charge in [0.15, 0.2) is 0 Å². The number of nitrogens with one attached hydrogen (secondary N) is 1. The van der Waals surface area contributed by atoms with Crippen molar-refractivity contribution < 1.29 is 4.79 Å². The number of likely N-dealkylation sites (N-methyl/N-ethyl adjacent to an activating group) is 1. The average molecular weight is 445 g/mol. The molecule has 7 heteroatoms. The van der Waals surface area contributed by atoms with Crippen LogP contribution in [-0.4, -0.2) is 85.1 Å². The highest BCUT2D eigenvalue weighted by Gasteiger charge is 2.34. The monoisotopic (exact) mass is 444 g/mol. The third-order valence-electron chi connectivity index (χ3n) is 7.41. The molecule has 1 N–H and O–H groups in total. The number of fused-ring (bicyclic) bond motifs is 1. The lowest BCUT2D eigenvalue weighted by atomic mass is 10.1. The van der Waals surface area contributed by atoms with Crippen molar-refractivity contribution in [1.82, 2.24) is 19.8 Å². The molecule has 3 fully saturated rings. The number of carbonyl (C=O) groups excluding carboxylic acids is 1. The van der Waals surface area contributed by atoms with Crippen molar-refractivity contribution in [3.05, 3.63) is 42.6 Å². The third-order valence-corrected chi connectivity index (χ3v) is 7.41. The second kappa shape index (κ2) is 8.37. The predicted octanol–water partition coefficient (Wildman–Crippen LogP) is 3.04. The van der Waals surface area contributed by atoms with Gasteiger partial charge in [-0.25, -0.2) is 4.98 Å². The molecule has 0 bridgehead atoms. The van der Waals surface area contributed by atoms with Gasteiger partial charge in [-0.3, -0.25) is 4.79 Å². The number of rotatable bonds is 4. The fourth-order valence-electron chi connectivity index (χ4n) is 5.12. The van der Waals surface area contributed by atoms with Gasteiger partial charge in [-0.2, -0.15) is 0 Å². The van der Waals surface area contributed by atoms with Crippen LogP contribution in [0.5, 0.6) is 0 Å². The van der Waals surface area contributed by atoms with E-state index in [4.69, 9.17) is 0 Å². The van der Waals surface area contributed by atoms with E-state index in [1.54, 1.807) is 0 Å². The smallest absolute Gasteiger partial charge is 0.225 e. The van der Waals surface area contributed by atoms with Crippen LogP contribution in [0.2, 0.25) is 0 Å². The second-order valence-electron chi connectivity index (χ2n) is 9.70. The van der Waals surface area contributed by atoms with E-state index >= 15 is 0 Å². The normalized spacial score (nSPS) is 20.0. The summed E-state index contributed by atoms with van der Waals surface area (Å²) in [6.07, 6.45) is 4.04. The van der Waals surface area contributed by atoms with E-state index in [0.717, 1.165) is 81.9 Å². The number of H-pyrrole nitrogens is 1. The first kappa shape index (κ1) is 20.5. The number of nitrogens with zero attached hydrogens (tertiary/aromatic N) is 5. The van der Waals surface area contributed by atoms with E-state index in [2.05, 4.69) is 73.0 Å². The van der Waals surface area contributed by atoms with Crippen LogP contribution in [0.15, 0.2) is 42.6 Å². The van der Waals surface area contributed by atoms with Crippen LogP contribution in [0.1, 0.15) is 12.8 Å². The third kappa shape index (κ3) is 4.06. The van der Waals surface area contributed by atoms with Crippen molar-refractivity contribution in [3.63, 3.8) is 0 Å². The Labute approximate surface area is 195 Å². The summed E-state index contributed by atoms with van der Waals surface area (Å²) in [4.78, 5) is 29.8. The molecule has 1 amide bonds. The van der Waals surface area contributed by atoms with Crippen LogP contribution < -0.4 is 9.80 Å². The number of piperazine rings is 2. The number of anilines is 2. The minimum atomic E-state index is 0.305. The lowest BCUT2D eigenvalue weighted by Gasteiger charge is -2.36. The Hall–Kier alpha value is -3.06. The molecular formula is C26H32N6O. The zero-order chi connectivity index (χ0) is 22.4. The van der Waals surface area contributed by atoms with E-state index < -0.39 is 0 Å². The van der Waals surface area contributed by atoms with Crippen LogP contribution in [0, 0.1) is 5.92 Å². The average Bonchev–Trinajstić information content (AvgIpc) is 3.62. The SMILES string of the molecule is CN1CCN(c2ccc(-c3cc4c(N5CCN(C(=O)C6CC6)CC5)ccnc4[nH]3)cc2)CC1. The number of pyridine rings is 1. The Balaban J connectivity index is 1.19. The summed E-state index contributed by atoms with van der Waals surface area (Å²) >= 11 is 0. The molecule has 1 saturated carbocycles. The van der Waals surface area contributed by atoms with Gasteiger partial charge in [-0.1, -0.05) is 12.1 Å². The molecule has 2 aromatic heterocycles. The molecule has 4 heterocycles. The fraction of sp³-hybridized carbons (Fsp3) is 0.462. The van der Waals surface area contributed by atoms with Crippen molar-refractivity contribution in [2.45, 2.75) is 12.8 Å². The number of benzene rings is 1. The summed E-state index contributed by atoms with van der Waals surface area (Å²) in [6, 6.07) is 13.2. The second-order valence-corrected chi connectivity index (χ2v) is 9.70. The highest BCUT2D eigenvalue weighted by Crippen LogP contribution is 2.33. The molecule has 1 aliphatic carbocycles. The Morgan fingerprint density at radius 1 is 0.909 bits per heavy atom. The number of aromatic amines is 1. The number of amides is 1. The van der Waals surface area contributed by atoms with Crippen molar-refractivity contribution in [3.8, 4) is 11.3 Å². The summed E-state index contributed by atoms with van der Waals surface area (Å²) in [6.45, 7) is 7.75. The zero-order valence-electron chi connectivity index (χ0n) is 19.3. The summed E-state index contributed by atoms with van der Waals surface area (Å²) in [5.41, 5.74) is 5.69. The number of hydrogen-bond donors (Lipinski definition) is 1. The molecule has 7 nitrogen and oxygen atoms in total. The van der Waals surface area contributed by atoms with Crippen molar-refractivity contribution in [2.24, 2.45) is 5.92 Å². The van der Waals surface area contributed by atoms with Gasteiger partial charge < -0.3 is 24.6 Å². The zero-order valence-corrected chi connectivity index (χ0v) is 19.3. The van der Waals surface area contributed by atoms with Gasteiger partial charge in [-0.05, 0) is 49.7 Å². The van der Waals surface area contributed by atoms with Crippen molar-refractivity contribution in [1.29, 1.82) is 0 Å². The van der Waals surface area contributed by atoms with Crippen LogP contribution in [-0.2, 0) is 4.79 Å². The van der Waals surface area contributed by atoms with Gasteiger partial charge in [0.2, 0.25) is 5.91 Å². The summed E-state index contributed by atoms with van der Waals surface area (Å²) in [5, 5.41) is 1.15. The van der Waals surface area contributed by atoms with Crippen LogP contribution >= 0.6 is 0 Å². The standard InChI is InChI=1S/C26H32N6O/c1-29-10-12-30(13-11-29)21-6-4-19(5-7-21)23-18-22-24(8-9-27-25(22)28-23)31-14-16-32(17-15-31)26(33)20-2-3-20/h4-9,18,20H,2-3,10-17H2,1H3,(H,27,28). The molecule has 0 unspecified atom stereocenters. The minimum Gasteiger partial charge on any atom is -0.369 e. The maximum absolute atomic E-state index is 12.4. The molecule has 172 valence electrons. The van der Waals surface area contributed by atoms with E-state index in [1.165, 1.54) is 16.9 Å². The lowest BCUT2D eigenvalue weighted by molar-refractivity contribution is -0.132. The van der Waals surface area contributed by atoms with Crippen LogP contribution in [0.3, 0.4) is 0 Å².